The summed E-state index contributed by atoms with van der Waals surface area (Å²) in [6.45, 7) is 0.421. The monoisotopic (exact) mass is 275 g/mol. The second-order valence-corrected chi connectivity index (χ2v) is 3.18. The van der Waals surface area contributed by atoms with E-state index in [9.17, 15) is 0 Å². The summed E-state index contributed by atoms with van der Waals surface area (Å²) in [5.41, 5.74) is 7.48. The molecule has 4 nitrogen and oxygen atoms in total. The molecule has 0 saturated carbocycles. The van der Waals surface area contributed by atoms with Crippen molar-refractivity contribution in [2.45, 2.75) is 6.54 Å². The van der Waals surface area contributed by atoms with Crippen LogP contribution >= 0.6 is 24.8 Å². The zero-order valence-electron chi connectivity index (χ0n) is 9.34. The van der Waals surface area contributed by atoms with Gasteiger partial charge in [-0.1, -0.05) is 12.1 Å². The predicted molar refractivity (Wildman–Crippen MR) is 73.0 cm³/mol. The molecular formula is C11H15Cl2N3O. The van der Waals surface area contributed by atoms with Crippen LogP contribution in [0.4, 0.5) is 0 Å². The lowest BCUT2D eigenvalue weighted by Gasteiger charge is -2.01. The standard InChI is InChI=1S/C11H13N3O.2ClH/c1-15-9-4-2-3-8(5-9)10-7-13-11(6-12)14-10;;/h2-5,7H,6,12H2,1H3,(H,13,14);2*1H. The van der Waals surface area contributed by atoms with E-state index in [4.69, 9.17) is 10.5 Å². The molecule has 0 fully saturated rings. The number of halogens is 2. The lowest BCUT2D eigenvalue weighted by atomic mass is 10.1. The SMILES string of the molecule is COc1cccc(-c2cnc(CN)[nH]2)c1.Cl.Cl. The fourth-order valence-corrected chi connectivity index (χ4v) is 1.40. The number of nitrogens with two attached hydrogens (primary N) is 1. The minimum Gasteiger partial charge on any atom is -0.497 e. The Kier molecular flexibility index (Phi) is 6.65. The summed E-state index contributed by atoms with van der Waals surface area (Å²) in [7, 11) is 1.65. The molecule has 2 aromatic rings. The number of methoxy groups -OCH3 is 1. The average molecular weight is 276 g/mol. The van der Waals surface area contributed by atoms with Crippen LogP contribution < -0.4 is 10.5 Å². The predicted octanol–water partition coefficient (Wildman–Crippen LogP) is 2.39. The molecule has 3 N–H and O–H groups in total. The van der Waals surface area contributed by atoms with Crippen LogP contribution in [-0.2, 0) is 6.54 Å². The average Bonchev–Trinajstić information content (AvgIpc) is 2.78. The van der Waals surface area contributed by atoms with E-state index in [0.29, 0.717) is 6.54 Å². The number of hydrogen-bond acceptors (Lipinski definition) is 3. The van der Waals surface area contributed by atoms with Gasteiger partial charge in [-0.3, -0.25) is 0 Å². The number of ether oxygens (including phenoxy) is 1. The zero-order valence-corrected chi connectivity index (χ0v) is 11.0. The Bertz CT molecular complexity index is 459. The van der Waals surface area contributed by atoms with Crippen molar-refractivity contribution in [3.05, 3.63) is 36.3 Å². The summed E-state index contributed by atoms with van der Waals surface area (Å²) in [5.74, 6) is 1.62. The van der Waals surface area contributed by atoms with Gasteiger partial charge in [0, 0.05) is 5.56 Å². The smallest absolute Gasteiger partial charge is 0.120 e. The Morgan fingerprint density at radius 2 is 2.12 bits per heavy atom. The van der Waals surface area contributed by atoms with Gasteiger partial charge in [0.2, 0.25) is 0 Å². The van der Waals surface area contributed by atoms with Crippen molar-refractivity contribution in [1.82, 2.24) is 9.97 Å². The van der Waals surface area contributed by atoms with Gasteiger partial charge in [0.1, 0.15) is 11.6 Å². The van der Waals surface area contributed by atoms with Gasteiger partial charge >= 0.3 is 0 Å². The molecule has 0 amide bonds. The second-order valence-electron chi connectivity index (χ2n) is 3.18. The first-order valence-corrected chi connectivity index (χ1v) is 4.72. The molecule has 0 bridgehead atoms. The van der Waals surface area contributed by atoms with E-state index in [2.05, 4.69) is 9.97 Å². The lowest BCUT2D eigenvalue weighted by Crippen LogP contribution is -1.97. The van der Waals surface area contributed by atoms with E-state index in [1.165, 1.54) is 0 Å². The van der Waals surface area contributed by atoms with E-state index in [-0.39, 0.29) is 24.8 Å². The fourth-order valence-electron chi connectivity index (χ4n) is 1.40. The second kappa shape index (κ2) is 7.17. The highest BCUT2D eigenvalue weighted by Crippen LogP contribution is 2.21. The molecule has 17 heavy (non-hydrogen) atoms. The minimum atomic E-state index is 0. The normalized spacial score (nSPS) is 9.06. The summed E-state index contributed by atoms with van der Waals surface area (Å²) in [6.07, 6.45) is 1.77. The molecule has 2 rings (SSSR count). The Morgan fingerprint density at radius 3 is 2.71 bits per heavy atom. The molecule has 0 radical (unpaired) electrons. The third-order valence-corrected chi connectivity index (χ3v) is 2.20. The molecule has 0 atom stereocenters. The molecular weight excluding hydrogens is 261 g/mol. The van der Waals surface area contributed by atoms with Crippen molar-refractivity contribution in [2.24, 2.45) is 5.73 Å². The number of aromatic amines is 1. The van der Waals surface area contributed by atoms with E-state index in [1.807, 2.05) is 24.3 Å². The molecule has 1 aromatic heterocycles. The van der Waals surface area contributed by atoms with Gasteiger partial charge < -0.3 is 15.5 Å². The molecule has 1 heterocycles. The van der Waals surface area contributed by atoms with Crippen LogP contribution in [-0.4, -0.2) is 17.1 Å². The number of nitrogens with one attached hydrogen (secondary N) is 1. The number of aromatic nitrogens is 2. The number of rotatable bonds is 3. The Hall–Kier alpha value is -1.23. The first-order valence-electron chi connectivity index (χ1n) is 4.72. The maximum atomic E-state index is 5.48. The highest BCUT2D eigenvalue weighted by Gasteiger charge is 2.02. The zero-order chi connectivity index (χ0) is 10.7. The molecule has 0 unspecified atom stereocenters. The number of nitrogens with zero attached hydrogens (tertiary/aromatic N) is 1. The van der Waals surface area contributed by atoms with Crippen LogP contribution in [0.5, 0.6) is 5.75 Å². The number of imidazole rings is 1. The molecule has 0 aliphatic rings. The van der Waals surface area contributed by atoms with Crippen molar-refractivity contribution < 1.29 is 4.74 Å². The van der Waals surface area contributed by atoms with Crippen LogP contribution in [0.2, 0.25) is 0 Å². The van der Waals surface area contributed by atoms with Crippen molar-refractivity contribution >= 4 is 24.8 Å². The molecule has 1 aromatic carbocycles. The van der Waals surface area contributed by atoms with Gasteiger partial charge in [0.15, 0.2) is 0 Å². The molecule has 0 spiro atoms. The summed E-state index contributed by atoms with van der Waals surface area (Å²) in [4.78, 5) is 7.28. The molecule has 0 aliphatic carbocycles. The maximum absolute atomic E-state index is 5.48. The van der Waals surface area contributed by atoms with Crippen LogP contribution in [0, 0.1) is 0 Å². The molecule has 0 saturated heterocycles. The third kappa shape index (κ3) is 3.63. The van der Waals surface area contributed by atoms with Crippen molar-refractivity contribution in [3.63, 3.8) is 0 Å². The fraction of sp³-hybridized carbons (Fsp3) is 0.182. The lowest BCUT2D eigenvalue weighted by molar-refractivity contribution is 0.415. The van der Waals surface area contributed by atoms with Gasteiger partial charge in [-0.2, -0.15) is 0 Å². The largest absolute Gasteiger partial charge is 0.497 e. The Balaban J connectivity index is 0.00000128. The molecule has 6 heteroatoms. The summed E-state index contributed by atoms with van der Waals surface area (Å²) < 4.78 is 5.15. The highest BCUT2D eigenvalue weighted by molar-refractivity contribution is 5.85. The number of H-pyrrole nitrogens is 1. The summed E-state index contributed by atoms with van der Waals surface area (Å²) in [5, 5.41) is 0. The van der Waals surface area contributed by atoms with E-state index in [0.717, 1.165) is 22.8 Å². The minimum absolute atomic E-state index is 0. The van der Waals surface area contributed by atoms with E-state index in [1.54, 1.807) is 13.3 Å². The summed E-state index contributed by atoms with van der Waals surface area (Å²) in [6, 6.07) is 7.80. The van der Waals surface area contributed by atoms with Crippen LogP contribution in [0.1, 0.15) is 5.82 Å². The topological polar surface area (TPSA) is 63.9 Å². The first-order chi connectivity index (χ1) is 7.33. The van der Waals surface area contributed by atoms with Gasteiger partial charge in [0.05, 0.1) is 25.5 Å². The Morgan fingerprint density at radius 1 is 1.35 bits per heavy atom. The third-order valence-electron chi connectivity index (χ3n) is 2.20. The van der Waals surface area contributed by atoms with Crippen molar-refractivity contribution in [3.8, 4) is 17.0 Å². The van der Waals surface area contributed by atoms with Crippen molar-refractivity contribution in [1.29, 1.82) is 0 Å². The van der Waals surface area contributed by atoms with E-state index < -0.39 is 0 Å². The van der Waals surface area contributed by atoms with Crippen molar-refractivity contribution in [2.75, 3.05) is 7.11 Å². The van der Waals surface area contributed by atoms with Gasteiger partial charge in [-0.15, -0.1) is 24.8 Å². The number of benzene rings is 1. The highest BCUT2D eigenvalue weighted by atomic mass is 35.5. The molecule has 0 aliphatic heterocycles. The summed E-state index contributed by atoms with van der Waals surface area (Å²) >= 11 is 0. The van der Waals surface area contributed by atoms with Gasteiger partial charge in [0.25, 0.3) is 0 Å². The van der Waals surface area contributed by atoms with Crippen LogP contribution in [0.15, 0.2) is 30.5 Å². The quantitative estimate of drug-likeness (QED) is 0.904. The Labute approximate surface area is 112 Å². The van der Waals surface area contributed by atoms with Crippen LogP contribution in [0.3, 0.4) is 0 Å². The maximum Gasteiger partial charge on any atom is 0.120 e. The molecule has 94 valence electrons. The van der Waals surface area contributed by atoms with Gasteiger partial charge in [-0.05, 0) is 12.1 Å². The van der Waals surface area contributed by atoms with E-state index >= 15 is 0 Å². The van der Waals surface area contributed by atoms with Crippen LogP contribution in [0.25, 0.3) is 11.3 Å². The first kappa shape index (κ1) is 15.8. The van der Waals surface area contributed by atoms with Gasteiger partial charge in [-0.25, -0.2) is 4.98 Å². The number of hydrogen-bond donors (Lipinski definition) is 2.